The molecule has 30 nitrogen and oxygen atoms in total. The van der Waals surface area contributed by atoms with Crippen LogP contribution in [0.1, 0.15) is 33.6 Å². The van der Waals surface area contributed by atoms with E-state index in [9.17, 15) is 101 Å². The van der Waals surface area contributed by atoms with Gasteiger partial charge in [0.25, 0.3) is 11.6 Å². The zero-order valence-electron chi connectivity index (χ0n) is 35.4. The zero-order valence-corrected chi connectivity index (χ0v) is 35.4. The number of carboxylic acid groups (broad SMARTS) is 2. The number of carboxylic acids is 2. The lowest BCUT2D eigenvalue weighted by atomic mass is 9.88. The molecule has 66 heavy (non-hydrogen) atoms. The Morgan fingerprint density at radius 3 is 1.52 bits per heavy atom. The van der Waals surface area contributed by atoms with Crippen LogP contribution >= 0.6 is 0 Å². The number of amides is 3. The molecule has 4 heterocycles. The van der Waals surface area contributed by atoms with Gasteiger partial charge in [-0.2, -0.15) is 0 Å². The first kappa shape index (κ1) is 55.1. The number of aliphatic hydroxyl groups excluding tert-OH is 13. The van der Waals surface area contributed by atoms with Gasteiger partial charge in [-0.1, -0.05) is 0 Å². The fourth-order valence-electron chi connectivity index (χ4n) is 8.05. The molecule has 1 unspecified atom stereocenters. The van der Waals surface area contributed by atoms with Gasteiger partial charge >= 0.3 is 11.9 Å². The van der Waals surface area contributed by atoms with Crippen molar-refractivity contribution in [2.75, 3.05) is 26.4 Å². The van der Waals surface area contributed by atoms with Crippen LogP contribution in [0.3, 0.4) is 0 Å². The van der Waals surface area contributed by atoms with E-state index in [-0.39, 0.29) is 0 Å². The summed E-state index contributed by atoms with van der Waals surface area (Å²) in [7, 11) is 0. The van der Waals surface area contributed by atoms with Gasteiger partial charge in [0.2, 0.25) is 17.7 Å². The SMILES string of the molecule is CC(=O)N[C@H]1[C@H]([C@H](O)[C@H](O)CO)O[C@@](OC[C@H]2OC(O)[C@H](NC(C)=O)[C@@H](O[C@@H]3O[C@H](CO)[C@H](O[C@]4(C(=O)O)C[C@H](O)[C@@H](NC(C)=O)[C@H]([C@H](O)[C@H](O)CO)O4)[C@H](O)[C@H]3O)[C@@H]2O)(C(=O)O)C[C@@H]1O. The molecule has 22 atom stereocenters. The number of carbonyl (C=O) groups excluding carboxylic acids is 3. The Morgan fingerprint density at radius 2 is 1.08 bits per heavy atom. The molecular formula is C36H59N3O27. The van der Waals surface area contributed by atoms with Gasteiger partial charge in [-0.05, 0) is 0 Å². The summed E-state index contributed by atoms with van der Waals surface area (Å²) in [6, 6.07) is -4.99. The number of rotatable bonds is 19. The van der Waals surface area contributed by atoms with E-state index in [2.05, 4.69) is 16.0 Å². The van der Waals surface area contributed by atoms with Gasteiger partial charge in [-0.15, -0.1) is 0 Å². The quantitative estimate of drug-likeness (QED) is 0.0571. The first-order valence-electron chi connectivity index (χ1n) is 20.3. The third kappa shape index (κ3) is 12.0. The molecule has 380 valence electrons. The fourth-order valence-corrected chi connectivity index (χ4v) is 8.05. The van der Waals surface area contributed by atoms with E-state index in [0.717, 1.165) is 20.8 Å². The Morgan fingerprint density at radius 1 is 0.621 bits per heavy atom. The highest BCUT2D eigenvalue weighted by atomic mass is 16.8. The van der Waals surface area contributed by atoms with E-state index >= 15 is 0 Å². The molecule has 4 fully saturated rings. The average Bonchev–Trinajstić information content (AvgIpc) is 3.25. The predicted molar refractivity (Wildman–Crippen MR) is 203 cm³/mol. The summed E-state index contributed by atoms with van der Waals surface area (Å²) in [5.41, 5.74) is 0. The molecular weight excluding hydrogens is 906 g/mol. The minimum Gasteiger partial charge on any atom is -0.477 e. The largest absolute Gasteiger partial charge is 0.477 e. The van der Waals surface area contributed by atoms with Crippen LogP contribution in [0.2, 0.25) is 0 Å². The topological polar surface area (TPSA) is 490 Å². The van der Waals surface area contributed by atoms with Crippen LogP contribution in [-0.2, 0) is 57.1 Å². The summed E-state index contributed by atoms with van der Waals surface area (Å²) in [5.74, 6) is -12.6. The molecule has 0 aromatic heterocycles. The van der Waals surface area contributed by atoms with Crippen LogP contribution in [-0.4, -0.2) is 267 Å². The third-order valence-corrected chi connectivity index (χ3v) is 11.4. The number of ether oxygens (including phenoxy) is 7. The number of hydrogen-bond donors (Lipinski definition) is 18. The molecule has 0 saturated carbocycles. The van der Waals surface area contributed by atoms with Crippen molar-refractivity contribution < 1.29 is 134 Å². The molecule has 0 bridgehead atoms. The third-order valence-electron chi connectivity index (χ3n) is 11.4. The number of aliphatic carboxylic acids is 2. The van der Waals surface area contributed by atoms with Crippen LogP contribution in [0, 0.1) is 0 Å². The smallest absolute Gasteiger partial charge is 0.364 e. The van der Waals surface area contributed by atoms with E-state index < -0.39 is 203 Å². The molecule has 4 rings (SSSR count). The molecule has 4 aliphatic rings. The van der Waals surface area contributed by atoms with Crippen molar-refractivity contribution in [3.63, 3.8) is 0 Å². The molecule has 4 aliphatic heterocycles. The number of nitrogens with one attached hydrogen (secondary N) is 3. The highest BCUT2D eigenvalue weighted by Crippen LogP contribution is 2.39. The average molecular weight is 966 g/mol. The molecule has 0 aromatic carbocycles. The van der Waals surface area contributed by atoms with Crippen LogP contribution in [0.25, 0.3) is 0 Å². The van der Waals surface area contributed by atoms with Gasteiger partial charge in [0.1, 0.15) is 85.4 Å². The number of aliphatic hydroxyl groups is 13. The summed E-state index contributed by atoms with van der Waals surface area (Å²) in [6.07, 6.45) is -37.6. The van der Waals surface area contributed by atoms with Crippen LogP contribution in [0.15, 0.2) is 0 Å². The minimum atomic E-state index is -3.12. The van der Waals surface area contributed by atoms with Crippen molar-refractivity contribution in [3.8, 4) is 0 Å². The highest BCUT2D eigenvalue weighted by molar-refractivity contribution is 5.77. The molecule has 0 aliphatic carbocycles. The first-order valence-corrected chi connectivity index (χ1v) is 20.3. The van der Waals surface area contributed by atoms with Gasteiger partial charge in [0, 0.05) is 33.6 Å². The van der Waals surface area contributed by atoms with Crippen molar-refractivity contribution in [2.24, 2.45) is 0 Å². The monoisotopic (exact) mass is 965 g/mol. The first-order chi connectivity index (χ1) is 30.8. The minimum absolute atomic E-state index is 0.784. The van der Waals surface area contributed by atoms with Gasteiger partial charge in [-0.3, -0.25) is 14.4 Å². The Kier molecular flexibility index (Phi) is 19.0. The van der Waals surface area contributed by atoms with E-state index in [0.29, 0.717) is 0 Å². The molecule has 30 heteroatoms. The van der Waals surface area contributed by atoms with Gasteiger partial charge < -0.3 is 126 Å². The van der Waals surface area contributed by atoms with Crippen LogP contribution in [0.5, 0.6) is 0 Å². The Bertz CT molecular complexity index is 1680. The zero-order chi connectivity index (χ0) is 49.7. The molecule has 0 radical (unpaired) electrons. The molecule has 0 aromatic rings. The summed E-state index contributed by atoms with van der Waals surface area (Å²) in [4.78, 5) is 61.5. The van der Waals surface area contributed by atoms with Gasteiger partial charge in [0.15, 0.2) is 12.6 Å². The number of hydrogen-bond acceptors (Lipinski definition) is 25. The second-order valence-corrected chi connectivity index (χ2v) is 16.2. The Labute approximate surface area is 373 Å². The van der Waals surface area contributed by atoms with Crippen molar-refractivity contribution in [3.05, 3.63) is 0 Å². The normalized spacial score (nSPS) is 41.4. The summed E-state index contributed by atoms with van der Waals surface area (Å²) < 4.78 is 39.1. The molecule has 4 saturated heterocycles. The number of carbonyl (C=O) groups is 5. The Hall–Kier alpha value is -3.45. The van der Waals surface area contributed by atoms with Crippen molar-refractivity contribution in [2.45, 2.75) is 167 Å². The second kappa shape index (κ2) is 22.8. The fraction of sp³-hybridized carbons (Fsp3) is 0.861. The van der Waals surface area contributed by atoms with Gasteiger partial charge in [0.05, 0.1) is 50.7 Å². The molecule has 0 spiro atoms. The summed E-state index contributed by atoms with van der Waals surface area (Å²) >= 11 is 0. The van der Waals surface area contributed by atoms with E-state index in [1.165, 1.54) is 0 Å². The second-order valence-electron chi connectivity index (χ2n) is 16.2. The maximum absolute atomic E-state index is 12.8. The van der Waals surface area contributed by atoms with Crippen LogP contribution in [0.4, 0.5) is 0 Å². The highest BCUT2D eigenvalue weighted by Gasteiger charge is 2.61. The maximum atomic E-state index is 12.8. The van der Waals surface area contributed by atoms with Crippen LogP contribution < -0.4 is 16.0 Å². The molecule has 3 amide bonds. The Balaban J connectivity index is 1.61. The molecule has 18 N–H and O–H groups in total. The standard InChI is InChI=1S/C36H59N3O27/c1-10(43)37-19-13(46)4-35(33(56)57,65-29(19)22(50)15(48)6-40)60-9-18-24(52)28(21(31(55)61-18)39-12(3)45)63-32-26(54)25(53)27(17(8-42)62-32)64-36(34(58)59)5-14(47)20(38-11(2)44)30(66-36)23(51)16(49)7-41/h13-32,40-42,46-55H,4-9H2,1-3H3,(H,37,43)(H,38,44)(H,39,45)(H,56,57)(H,58,59)/t13-,14-,15+,16+,17+,18+,19+,20+,21+,22+,23+,24+,25+,26+,27-,28+,29+,30+,31?,32-,35+,36+/m0/s1. The lowest BCUT2D eigenvalue weighted by Crippen LogP contribution is -2.71. The van der Waals surface area contributed by atoms with Crippen molar-refractivity contribution in [1.82, 2.24) is 16.0 Å². The lowest BCUT2D eigenvalue weighted by molar-refractivity contribution is -0.380. The summed E-state index contributed by atoms with van der Waals surface area (Å²) in [6.45, 7) is -1.51. The van der Waals surface area contributed by atoms with Crippen molar-refractivity contribution in [1.29, 1.82) is 0 Å². The lowest BCUT2D eigenvalue weighted by Gasteiger charge is -2.51. The van der Waals surface area contributed by atoms with E-state index in [1.54, 1.807) is 0 Å². The summed E-state index contributed by atoms with van der Waals surface area (Å²) in [5, 5.41) is 166. The van der Waals surface area contributed by atoms with Gasteiger partial charge in [-0.25, -0.2) is 9.59 Å². The predicted octanol–water partition coefficient (Wildman–Crippen LogP) is -10.9. The van der Waals surface area contributed by atoms with Crippen molar-refractivity contribution >= 4 is 29.7 Å². The maximum Gasteiger partial charge on any atom is 0.364 e. The van der Waals surface area contributed by atoms with E-state index in [1.807, 2.05) is 0 Å². The van der Waals surface area contributed by atoms with E-state index in [4.69, 9.17) is 33.2 Å².